The molecule has 0 saturated carbocycles. The van der Waals surface area contributed by atoms with Crippen LogP contribution in [0.3, 0.4) is 0 Å². The molecule has 0 fully saturated rings. The van der Waals surface area contributed by atoms with Gasteiger partial charge in [0, 0.05) is 54.3 Å². The lowest BCUT2D eigenvalue weighted by atomic mass is 10.2. The Morgan fingerprint density at radius 3 is 2.81 bits per heavy atom. The van der Waals surface area contributed by atoms with Crippen LogP contribution in [-0.4, -0.2) is 16.5 Å². The van der Waals surface area contributed by atoms with Gasteiger partial charge in [0.1, 0.15) is 12.4 Å². The summed E-state index contributed by atoms with van der Waals surface area (Å²) < 4.78 is 5.98. The molecule has 0 unspecified atom stereocenters. The van der Waals surface area contributed by atoms with E-state index in [0.717, 1.165) is 36.4 Å². The average molecular weight is 368 g/mol. The molecular formula is C21H25N3OS. The van der Waals surface area contributed by atoms with Crippen LogP contribution in [-0.2, 0) is 19.6 Å². The zero-order valence-electron chi connectivity index (χ0n) is 15.3. The third-order valence-electron chi connectivity index (χ3n) is 4.03. The summed E-state index contributed by atoms with van der Waals surface area (Å²) in [6, 6.07) is 12.1. The topological polar surface area (TPSA) is 47.0 Å². The van der Waals surface area contributed by atoms with Gasteiger partial charge in [-0.15, -0.1) is 11.3 Å². The van der Waals surface area contributed by atoms with E-state index in [1.165, 1.54) is 10.7 Å². The largest absolute Gasteiger partial charge is 0.489 e. The van der Waals surface area contributed by atoms with E-state index >= 15 is 0 Å². The molecule has 136 valence electrons. The number of hydrogen-bond donors (Lipinski definition) is 1. The van der Waals surface area contributed by atoms with E-state index in [1.54, 1.807) is 17.5 Å². The van der Waals surface area contributed by atoms with Gasteiger partial charge in [0.25, 0.3) is 0 Å². The molecule has 26 heavy (non-hydrogen) atoms. The molecule has 2 heterocycles. The molecule has 4 nitrogen and oxygen atoms in total. The predicted octanol–water partition coefficient (Wildman–Crippen LogP) is 4.57. The smallest absolute Gasteiger partial charge is 0.124 e. The van der Waals surface area contributed by atoms with Crippen molar-refractivity contribution in [3.63, 3.8) is 0 Å². The maximum Gasteiger partial charge on any atom is 0.124 e. The Hall–Kier alpha value is -2.24. The highest BCUT2D eigenvalue weighted by molar-refractivity contribution is 7.09. The van der Waals surface area contributed by atoms with Crippen LogP contribution in [0.2, 0.25) is 0 Å². The van der Waals surface area contributed by atoms with Crippen LogP contribution in [0.15, 0.2) is 54.2 Å². The van der Waals surface area contributed by atoms with E-state index in [4.69, 9.17) is 4.74 Å². The number of aromatic nitrogens is 2. The van der Waals surface area contributed by atoms with Crippen molar-refractivity contribution in [1.29, 1.82) is 0 Å². The summed E-state index contributed by atoms with van der Waals surface area (Å²) in [6.07, 6.45) is 4.55. The molecule has 3 rings (SSSR count). The summed E-state index contributed by atoms with van der Waals surface area (Å²) in [6.45, 7) is 6.58. The molecule has 2 aromatic heterocycles. The Kier molecular flexibility index (Phi) is 6.75. The third kappa shape index (κ3) is 5.38. The number of thiazole rings is 1. The third-order valence-corrected chi connectivity index (χ3v) is 5.22. The van der Waals surface area contributed by atoms with E-state index < -0.39 is 0 Å². The fourth-order valence-electron chi connectivity index (χ4n) is 2.58. The number of nitrogens with zero attached hydrogens (tertiary/aromatic N) is 2. The number of ether oxygens (including phenoxy) is 1. The molecule has 0 spiro atoms. The van der Waals surface area contributed by atoms with Gasteiger partial charge in [0.15, 0.2) is 0 Å². The van der Waals surface area contributed by atoms with Crippen LogP contribution in [0.25, 0.3) is 0 Å². The van der Waals surface area contributed by atoms with Crippen molar-refractivity contribution in [2.75, 3.05) is 6.54 Å². The molecule has 1 N–H and O–H groups in total. The molecule has 0 saturated heterocycles. The number of pyridine rings is 1. The number of rotatable bonds is 9. The van der Waals surface area contributed by atoms with E-state index in [0.29, 0.717) is 12.5 Å². The zero-order chi connectivity index (χ0) is 18.2. The van der Waals surface area contributed by atoms with Crippen LogP contribution in [0.1, 0.15) is 41.6 Å². The summed E-state index contributed by atoms with van der Waals surface area (Å²) in [7, 11) is 0. The van der Waals surface area contributed by atoms with Crippen molar-refractivity contribution in [1.82, 2.24) is 15.3 Å². The van der Waals surface area contributed by atoms with Crippen molar-refractivity contribution in [2.24, 2.45) is 0 Å². The molecule has 0 aliphatic carbocycles. The number of para-hydroxylation sites is 1. The molecule has 5 heteroatoms. The second-order valence-electron chi connectivity index (χ2n) is 6.52. The monoisotopic (exact) mass is 367 g/mol. The van der Waals surface area contributed by atoms with Gasteiger partial charge in [-0.05, 0) is 12.1 Å². The van der Waals surface area contributed by atoms with Crippen molar-refractivity contribution >= 4 is 11.3 Å². The Bertz CT molecular complexity index is 802. The van der Waals surface area contributed by atoms with Gasteiger partial charge >= 0.3 is 0 Å². The summed E-state index contributed by atoms with van der Waals surface area (Å²) in [5, 5.41) is 6.88. The maximum atomic E-state index is 5.98. The van der Waals surface area contributed by atoms with Crippen molar-refractivity contribution in [3.05, 3.63) is 76.0 Å². The average Bonchev–Trinajstić information content (AvgIpc) is 3.14. The lowest BCUT2D eigenvalue weighted by Crippen LogP contribution is -2.17. The SMILES string of the molecule is CC(C)c1nc(CCNCc2ccccc2OCc2cccnc2)cs1. The van der Waals surface area contributed by atoms with E-state index in [2.05, 4.69) is 40.6 Å². The molecule has 0 bridgehead atoms. The van der Waals surface area contributed by atoms with Gasteiger partial charge in [-0.2, -0.15) is 0 Å². The first-order valence-corrected chi connectivity index (χ1v) is 9.85. The lowest BCUT2D eigenvalue weighted by molar-refractivity contribution is 0.301. The first kappa shape index (κ1) is 18.5. The molecule has 0 amide bonds. The van der Waals surface area contributed by atoms with Gasteiger partial charge in [0.05, 0.1) is 10.7 Å². The second-order valence-corrected chi connectivity index (χ2v) is 7.41. The Morgan fingerprint density at radius 1 is 1.15 bits per heavy atom. The van der Waals surface area contributed by atoms with Crippen LogP contribution in [0, 0.1) is 0 Å². The summed E-state index contributed by atoms with van der Waals surface area (Å²) in [5.74, 6) is 1.42. The van der Waals surface area contributed by atoms with E-state index in [-0.39, 0.29) is 0 Å². The predicted molar refractivity (Wildman–Crippen MR) is 107 cm³/mol. The van der Waals surface area contributed by atoms with Gasteiger partial charge in [-0.1, -0.05) is 38.1 Å². The first-order chi connectivity index (χ1) is 12.7. The standard InChI is InChI=1S/C21H25N3OS/c1-16(2)21-24-19(15-26-21)9-11-23-13-18-7-3-4-8-20(18)25-14-17-6-5-10-22-12-17/h3-8,10,12,15-16,23H,9,11,13-14H2,1-2H3. The molecule has 0 radical (unpaired) electrons. The first-order valence-electron chi connectivity index (χ1n) is 8.97. The summed E-state index contributed by atoms with van der Waals surface area (Å²) in [5.41, 5.74) is 3.41. The van der Waals surface area contributed by atoms with Crippen LogP contribution >= 0.6 is 11.3 Å². The Labute approximate surface area is 159 Å². The van der Waals surface area contributed by atoms with Gasteiger partial charge in [0.2, 0.25) is 0 Å². The maximum absolute atomic E-state index is 5.98. The molecule has 0 atom stereocenters. The van der Waals surface area contributed by atoms with Gasteiger partial charge in [-0.25, -0.2) is 4.98 Å². The second kappa shape index (κ2) is 9.46. The number of benzene rings is 1. The molecule has 1 aromatic carbocycles. The molecule has 3 aromatic rings. The van der Waals surface area contributed by atoms with E-state index in [1.807, 2.05) is 36.5 Å². The normalized spacial score (nSPS) is 11.0. The Balaban J connectivity index is 1.48. The number of hydrogen-bond acceptors (Lipinski definition) is 5. The molecular weight excluding hydrogens is 342 g/mol. The Morgan fingerprint density at radius 2 is 2.04 bits per heavy atom. The lowest BCUT2D eigenvalue weighted by Gasteiger charge is -2.12. The zero-order valence-corrected chi connectivity index (χ0v) is 16.1. The summed E-state index contributed by atoms with van der Waals surface area (Å²) >= 11 is 1.76. The highest BCUT2D eigenvalue weighted by Crippen LogP contribution is 2.20. The van der Waals surface area contributed by atoms with Gasteiger partial charge < -0.3 is 10.1 Å². The minimum absolute atomic E-state index is 0.505. The van der Waals surface area contributed by atoms with Crippen molar-refractivity contribution in [3.8, 4) is 5.75 Å². The summed E-state index contributed by atoms with van der Waals surface area (Å²) in [4.78, 5) is 8.81. The van der Waals surface area contributed by atoms with Crippen molar-refractivity contribution in [2.45, 2.75) is 39.3 Å². The van der Waals surface area contributed by atoms with Crippen molar-refractivity contribution < 1.29 is 4.74 Å². The molecule has 0 aliphatic heterocycles. The molecule has 0 aliphatic rings. The highest BCUT2D eigenvalue weighted by atomic mass is 32.1. The van der Waals surface area contributed by atoms with Crippen LogP contribution in [0.4, 0.5) is 0 Å². The van der Waals surface area contributed by atoms with Gasteiger partial charge in [-0.3, -0.25) is 4.98 Å². The minimum Gasteiger partial charge on any atom is -0.489 e. The number of nitrogens with one attached hydrogen (secondary N) is 1. The van der Waals surface area contributed by atoms with Crippen LogP contribution in [0.5, 0.6) is 5.75 Å². The highest BCUT2D eigenvalue weighted by Gasteiger charge is 2.06. The van der Waals surface area contributed by atoms with Crippen LogP contribution < -0.4 is 10.1 Å². The quantitative estimate of drug-likeness (QED) is 0.563. The fourth-order valence-corrected chi connectivity index (χ4v) is 3.45. The minimum atomic E-state index is 0.505. The van der Waals surface area contributed by atoms with E-state index in [9.17, 15) is 0 Å². The fraction of sp³-hybridized carbons (Fsp3) is 0.333.